The van der Waals surface area contributed by atoms with E-state index in [1.165, 1.54) is 6.42 Å². The second-order valence-electron chi connectivity index (χ2n) is 9.97. The molecule has 2 fully saturated rings. The highest BCUT2D eigenvalue weighted by Gasteiger charge is 2.33. The van der Waals surface area contributed by atoms with Crippen molar-refractivity contribution in [1.82, 2.24) is 15.1 Å². The number of benzene rings is 1. The summed E-state index contributed by atoms with van der Waals surface area (Å²) in [5.41, 5.74) is 0.645. The van der Waals surface area contributed by atoms with Crippen LogP contribution < -0.4 is 5.32 Å². The molecule has 0 saturated carbocycles. The third-order valence-electron chi connectivity index (χ3n) is 6.49. The van der Waals surface area contributed by atoms with Gasteiger partial charge in [0, 0.05) is 43.9 Å². The Hall–Kier alpha value is -1.79. The Morgan fingerprint density at radius 3 is 2.60 bits per heavy atom. The highest BCUT2D eigenvalue weighted by atomic mass is 16.5. The minimum Gasteiger partial charge on any atom is -0.508 e. The van der Waals surface area contributed by atoms with Crippen LogP contribution in [0, 0.1) is 11.8 Å². The molecule has 2 N–H and O–H groups in total. The number of carbonyl (C=O) groups is 1. The van der Waals surface area contributed by atoms with Gasteiger partial charge in [-0.2, -0.15) is 0 Å². The van der Waals surface area contributed by atoms with Crippen LogP contribution in [0.4, 0.5) is 4.79 Å². The van der Waals surface area contributed by atoms with Gasteiger partial charge in [-0.15, -0.1) is 0 Å². The zero-order valence-corrected chi connectivity index (χ0v) is 19.1. The Labute approximate surface area is 181 Å². The summed E-state index contributed by atoms with van der Waals surface area (Å²) in [5.74, 6) is 1.58. The average molecular weight is 418 g/mol. The number of para-hydroxylation sites is 1. The highest BCUT2D eigenvalue weighted by Crippen LogP contribution is 2.27. The van der Waals surface area contributed by atoms with Crippen molar-refractivity contribution in [2.24, 2.45) is 11.8 Å². The number of carbonyl (C=O) groups excluding carboxylic acids is 1. The fourth-order valence-corrected chi connectivity index (χ4v) is 4.78. The zero-order valence-electron chi connectivity index (χ0n) is 19.1. The lowest BCUT2D eigenvalue weighted by molar-refractivity contribution is 0.0449. The molecule has 3 atom stereocenters. The molecule has 2 aliphatic heterocycles. The number of aromatic hydroxyl groups is 1. The normalized spacial score (nSPS) is 25.3. The van der Waals surface area contributed by atoms with Crippen molar-refractivity contribution in [2.45, 2.75) is 65.1 Å². The third-order valence-corrected chi connectivity index (χ3v) is 6.49. The van der Waals surface area contributed by atoms with Crippen molar-refractivity contribution >= 4 is 6.03 Å². The summed E-state index contributed by atoms with van der Waals surface area (Å²) < 4.78 is 5.77. The van der Waals surface area contributed by atoms with Crippen molar-refractivity contribution in [2.75, 3.05) is 32.8 Å². The van der Waals surface area contributed by atoms with E-state index in [-0.39, 0.29) is 23.4 Å². The molecular formula is C24H39N3O3. The van der Waals surface area contributed by atoms with Gasteiger partial charge in [0.15, 0.2) is 0 Å². The number of piperidine rings is 1. The molecule has 30 heavy (non-hydrogen) atoms. The summed E-state index contributed by atoms with van der Waals surface area (Å²) in [6.45, 7) is 13.5. The van der Waals surface area contributed by atoms with E-state index < -0.39 is 0 Å². The standard InChI is InChI=1S/C24H39N3O3/c1-18-12-19(2)14-27(13-18)24(3,4)17-25-23(29)26(16-21-9-7-11-30-21)15-20-8-5-6-10-22(20)28/h5-6,8,10,18-19,21,28H,7,9,11-17H2,1-4H3,(H,25,29). The molecule has 0 radical (unpaired) electrons. The minimum atomic E-state index is -0.108. The van der Waals surface area contributed by atoms with Crippen LogP contribution in [-0.4, -0.2) is 65.4 Å². The topological polar surface area (TPSA) is 65.0 Å². The fourth-order valence-electron chi connectivity index (χ4n) is 4.78. The Morgan fingerprint density at radius 2 is 1.97 bits per heavy atom. The second kappa shape index (κ2) is 10.0. The number of phenols is 1. The van der Waals surface area contributed by atoms with Crippen LogP contribution in [0.5, 0.6) is 5.75 Å². The van der Waals surface area contributed by atoms with Crippen molar-refractivity contribution in [3.05, 3.63) is 29.8 Å². The molecule has 6 nitrogen and oxygen atoms in total. The molecule has 0 aliphatic carbocycles. The quantitative estimate of drug-likeness (QED) is 0.707. The number of urea groups is 1. The number of likely N-dealkylation sites (tertiary alicyclic amines) is 1. The summed E-state index contributed by atoms with van der Waals surface area (Å²) in [7, 11) is 0. The van der Waals surface area contributed by atoms with Crippen LogP contribution >= 0.6 is 0 Å². The lowest BCUT2D eigenvalue weighted by Gasteiger charge is -2.45. The van der Waals surface area contributed by atoms with Gasteiger partial charge < -0.3 is 20.1 Å². The van der Waals surface area contributed by atoms with Crippen molar-refractivity contribution < 1.29 is 14.6 Å². The number of rotatable bonds is 7. The van der Waals surface area contributed by atoms with Gasteiger partial charge in [-0.1, -0.05) is 32.0 Å². The molecule has 168 valence electrons. The van der Waals surface area contributed by atoms with Crippen LogP contribution in [0.15, 0.2) is 24.3 Å². The van der Waals surface area contributed by atoms with Crippen molar-refractivity contribution in [3.8, 4) is 5.75 Å². The lowest BCUT2D eigenvalue weighted by atomic mass is 9.88. The van der Waals surface area contributed by atoms with Crippen LogP contribution in [-0.2, 0) is 11.3 Å². The summed E-state index contributed by atoms with van der Waals surface area (Å²) in [4.78, 5) is 17.5. The molecule has 0 aromatic heterocycles. The second-order valence-corrected chi connectivity index (χ2v) is 9.97. The number of hydrogen-bond acceptors (Lipinski definition) is 4. The summed E-state index contributed by atoms with van der Waals surface area (Å²) >= 11 is 0. The molecule has 1 aromatic carbocycles. The molecular weight excluding hydrogens is 378 g/mol. The van der Waals surface area contributed by atoms with Crippen LogP contribution in [0.2, 0.25) is 0 Å². The number of nitrogens with one attached hydrogen (secondary N) is 1. The van der Waals surface area contributed by atoms with Crippen LogP contribution in [0.3, 0.4) is 0 Å². The van der Waals surface area contributed by atoms with E-state index in [2.05, 4.69) is 37.9 Å². The van der Waals surface area contributed by atoms with Crippen molar-refractivity contribution in [1.29, 1.82) is 0 Å². The van der Waals surface area contributed by atoms with Crippen LogP contribution in [0.25, 0.3) is 0 Å². The maximum atomic E-state index is 13.2. The van der Waals surface area contributed by atoms with Gasteiger partial charge in [-0.25, -0.2) is 4.79 Å². The van der Waals surface area contributed by atoms with E-state index in [9.17, 15) is 9.90 Å². The Balaban J connectivity index is 1.63. The van der Waals surface area contributed by atoms with Gasteiger partial charge in [0.25, 0.3) is 0 Å². The molecule has 1 aromatic rings. The minimum absolute atomic E-state index is 0.0680. The zero-order chi connectivity index (χ0) is 21.7. The van der Waals surface area contributed by atoms with E-state index in [4.69, 9.17) is 4.74 Å². The molecule has 0 spiro atoms. The maximum Gasteiger partial charge on any atom is 0.317 e. The number of hydrogen-bond donors (Lipinski definition) is 2. The monoisotopic (exact) mass is 417 g/mol. The summed E-state index contributed by atoms with van der Waals surface area (Å²) in [6, 6.07) is 7.12. The smallest absolute Gasteiger partial charge is 0.317 e. The Morgan fingerprint density at radius 1 is 1.27 bits per heavy atom. The Bertz CT molecular complexity index is 693. The highest BCUT2D eigenvalue weighted by molar-refractivity contribution is 5.74. The molecule has 2 heterocycles. The predicted molar refractivity (Wildman–Crippen MR) is 119 cm³/mol. The average Bonchev–Trinajstić information content (AvgIpc) is 3.20. The van der Waals surface area contributed by atoms with E-state index in [1.54, 1.807) is 17.0 Å². The Kier molecular flexibility index (Phi) is 7.64. The van der Waals surface area contributed by atoms with Gasteiger partial charge in [0.05, 0.1) is 12.6 Å². The van der Waals surface area contributed by atoms with E-state index in [1.807, 2.05) is 12.1 Å². The molecule has 2 amide bonds. The van der Waals surface area contributed by atoms with Gasteiger partial charge in [0.2, 0.25) is 0 Å². The first-order chi connectivity index (χ1) is 14.2. The SMILES string of the molecule is CC1CC(C)CN(C(C)(C)CNC(=O)N(Cc2ccccc2O)CC2CCCO2)C1. The molecule has 3 rings (SSSR count). The maximum absolute atomic E-state index is 13.2. The first-order valence-electron chi connectivity index (χ1n) is 11.4. The lowest BCUT2D eigenvalue weighted by Crippen LogP contribution is -2.57. The van der Waals surface area contributed by atoms with E-state index in [0.29, 0.717) is 31.5 Å². The molecule has 2 aliphatic rings. The van der Waals surface area contributed by atoms with Crippen LogP contribution in [0.1, 0.15) is 52.5 Å². The first kappa shape index (κ1) is 22.9. The van der Waals surface area contributed by atoms with Gasteiger partial charge in [0.1, 0.15) is 5.75 Å². The molecule has 3 unspecified atom stereocenters. The number of ether oxygens (including phenoxy) is 1. The van der Waals surface area contributed by atoms with E-state index >= 15 is 0 Å². The van der Waals surface area contributed by atoms with E-state index in [0.717, 1.165) is 38.1 Å². The largest absolute Gasteiger partial charge is 0.508 e. The summed E-state index contributed by atoms with van der Waals surface area (Å²) in [5, 5.41) is 13.4. The third kappa shape index (κ3) is 6.11. The fraction of sp³-hybridized carbons (Fsp3) is 0.708. The molecule has 2 saturated heterocycles. The number of nitrogens with zero attached hydrogens (tertiary/aromatic N) is 2. The summed E-state index contributed by atoms with van der Waals surface area (Å²) in [6.07, 6.45) is 3.35. The number of amides is 2. The first-order valence-corrected chi connectivity index (χ1v) is 11.4. The van der Waals surface area contributed by atoms with Crippen molar-refractivity contribution in [3.63, 3.8) is 0 Å². The molecule has 6 heteroatoms. The van der Waals surface area contributed by atoms with Gasteiger partial charge >= 0.3 is 6.03 Å². The van der Waals surface area contributed by atoms with Gasteiger partial charge in [-0.3, -0.25) is 4.90 Å². The number of phenolic OH excluding ortho intramolecular Hbond substituents is 1. The molecule has 0 bridgehead atoms. The predicted octanol–water partition coefficient (Wildman–Crippen LogP) is 3.84. The van der Waals surface area contributed by atoms with Gasteiger partial charge in [-0.05, 0) is 51.0 Å².